The third-order valence-electron chi connectivity index (χ3n) is 5.26. The molecule has 0 aliphatic carbocycles. The first-order chi connectivity index (χ1) is 14.3. The molecule has 0 unspecified atom stereocenters. The molecule has 2 aromatic carbocycles. The Morgan fingerprint density at radius 2 is 1.58 bits per heavy atom. The molecule has 7 nitrogen and oxygen atoms in total. The lowest BCUT2D eigenvalue weighted by molar-refractivity contribution is -0.125. The molecule has 0 spiro atoms. The molecular formula is C22H28ClN3O4S. The quantitative estimate of drug-likeness (QED) is 0.583. The highest BCUT2D eigenvalue weighted by atomic mass is 35.5. The van der Waals surface area contributed by atoms with Crippen LogP contribution in [0.2, 0.25) is 5.02 Å². The maximum Gasteiger partial charge on any atom is 0.243 e. The van der Waals surface area contributed by atoms with Crippen molar-refractivity contribution < 1.29 is 18.0 Å². The Kier molecular flexibility index (Phi) is 7.86. The van der Waals surface area contributed by atoms with Gasteiger partial charge in [0.1, 0.15) is 0 Å². The Hall–Kier alpha value is -2.42. The van der Waals surface area contributed by atoms with Crippen molar-refractivity contribution in [2.45, 2.75) is 52.5 Å². The number of hydrogen-bond donors (Lipinski definition) is 3. The molecule has 9 heteroatoms. The summed E-state index contributed by atoms with van der Waals surface area (Å²) >= 11 is 6.03. The van der Waals surface area contributed by atoms with Gasteiger partial charge in [0.2, 0.25) is 21.8 Å². The molecule has 0 fully saturated rings. The van der Waals surface area contributed by atoms with Gasteiger partial charge in [0, 0.05) is 10.7 Å². The van der Waals surface area contributed by atoms with E-state index in [0.29, 0.717) is 27.4 Å². The topological polar surface area (TPSA) is 104 Å². The van der Waals surface area contributed by atoms with Crippen LogP contribution < -0.4 is 15.4 Å². The van der Waals surface area contributed by atoms with Crippen molar-refractivity contribution in [3.63, 3.8) is 0 Å². The zero-order valence-electron chi connectivity index (χ0n) is 18.5. The second-order valence-corrected chi connectivity index (χ2v) is 9.67. The molecule has 0 aliphatic heterocycles. The van der Waals surface area contributed by atoms with E-state index in [4.69, 9.17) is 11.6 Å². The van der Waals surface area contributed by atoms with E-state index >= 15 is 0 Å². The Bertz CT molecular complexity index is 1100. The number of sulfonamides is 1. The largest absolute Gasteiger partial charge is 0.346 e. The molecule has 3 N–H and O–H groups in total. The predicted octanol–water partition coefficient (Wildman–Crippen LogP) is 3.30. The van der Waals surface area contributed by atoms with Crippen LogP contribution in [0.1, 0.15) is 34.7 Å². The van der Waals surface area contributed by atoms with Gasteiger partial charge in [0.05, 0.1) is 17.5 Å². The lowest BCUT2D eigenvalue weighted by Crippen LogP contribution is -2.46. The first-order valence-corrected chi connectivity index (χ1v) is 11.6. The molecule has 1 atom stereocenters. The van der Waals surface area contributed by atoms with E-state index in [9.17, 15) is 18.0 Å². The van der Waals surface area contributed by atoms with Crippen LogP contribution in [0.3, 0.4) is 0 Å². The van der Waals surface area contributed by atoms with Gasteiger partial charge in [-0.2, -0.15) is 4.72 Å². The molecule has 31 heavy (non-hydrogen) atoms. The van der Waals surface area contributed by atoms with Gasteiger partial charge in [0.25, 0.3) is 0 Å². The van der Waals surface area contributed by atoms with Crippen LogP contribution in [0.15, 0.2) is 29.2 Å². The van der Waals surface area contributed by atoms with Gasteiger partial charge in [-0.1, -0.05) is 23.7 Å². The third kappa shape index (κ3) is 5.84. The Morgan fingerprint density at radius 1 is 1.00 bits per heavy atom. The van der Waals surface area contributed by atoms with E-state index in [1.807, 2.05) is 19.9 Å². The molecule has 0 saturated carbocycles. The number of aryl methyl sites for hydroxylation is 2. The maximum atomic E-state index is 13.0. The van der Waals surface area contributed by atoms with Gasteiger partial charge in [-0.25, -0.2) is 8.42 Å². The summed E-state index contributed by atoms with van der Waals surface area (Å²) in [7, 11) is -3.93. The van der Waals surface area contributed by atoms with Gasteiger partial charge in [-0.3, -0.25) is 9.59 Å². The summed E-state index contributed by atoms with van der Waals surface area (Å²) in [4.78, 5) is 24.7. The molecular weight excluding hydrogens is 438 g/mol. The van der Waals surface area contributed by atoms with Crippen LogP contribution in [0.5, 0.6) is 0 Å². The number of carbonyl (C=O) groups is 2. The van der Waals surface area contributed by atoms with Crippen molar-refractivity contribution in [2.75, 3.05) is 11.9 Å². The van der Waals surface area contributed by atoms with Gasteiger partial charge in [0.15, 0.2) is 0 Å². The molecule has 2 rings (SSSR count). The van der Waals surface area contributed by atoms with Crippen LogP contribution in [-0.4, -0.2) is 32.8 Å². The molecule has 0 bridgehead atoms. The Labute approximate surface area is 188 Å². The Morgan fingerprint density at radius 3 is 2.16 bits per heavy atom. The van der Waals surface area contributed by atoms with Crippen LogP contribution >= 0.6 is 11.6 Å². The van der Waals surface area contributed by atoms with E-state index in [0.717, 1.165) is 11.1 Å². The predicted molar refractivity (Wildman–Crippen MR) is 123 cm³/mol. The number of hydrogen-bond acceptors (Lipinski definition) is 4. The summed E-state index contributed by atoms with van der Waals surface area (Å²) in [6, 6.07) is 5.98. The van der Waals surface area contributed by atoms with Crippen LogP contribution in [0, 0.1) is 34.6 Å². The minimum absolute atomic E-state index is 0.179. The molecule has 168 valence electrons. The minimum atomic E-state index is -3.93. The SMILES string of the molecule is Cc1cc(C)c(C)c(S(=O)(=O)N[C@@H](C)C(=O)NCC(=O)Nc2cccc(Cl)c2C)c1C. The van der Waals surface area contributed by atoms with E-state index in [1.54, 1.807) is 39.0 Å². The number of nitrogens with one attached hydrogen (secondary N) is 3. The van der Waals surface area contributed by atoms with E-state index in [-0.39, 0.29) is 11.4 Å². The average molecular weight is 466 g/mol. The number of carbonyl (C=O) groups excluding carboxylic acids is 2. The monoisotopic (exact) mass is 465 g/mol. The molecule has 0 aliphatic rings. The molecule has 0 radical (unpaired) electrons. The average Bonchev–Trinajstić information content (AvgIpc) is 2.67. The summed E-state index contributed by atoms with van der Waals surface area (Å²) in [6.45, 7) is 10.1. The molecule has 2 amide bonds. The standard InChI is InChI=1S/C22H28ClN3O4S/c1-12-10-13(2)15(4)21(14(12)3)31(29,30)26-17(6)22(28)24-11-20(27)25-19-9-7-8-18(23)16(19)5/h7-10,17,26H,11H2,1-6H3,(H,24,28)(H,25,27)/t17-/m0/s1. The van der Waals surface area contributed by atoms with Gasteiger partial charge in [-0.15, -0.1) is 0 Å². The van der Waals surface area contributed by atoms with Crippen molar-refractivity contribution in [3.05, 3.63) is 57.1 Å². The lowest BCUT2D eigenvalue weighted by Gasteiger charge is -2.19. The van der Waals surface area contributed by atoms with E-state index in [1.165, 1.54) is 6.92 Å². The summed E-state index contributed by atoms with van der Waals surface area (Å²) in [5.74, 6) is -1.06. The lowest BCUT2D eigenvalue weighted by atomic mass is 10.0. The molecule has 0 aromatic heterocycles. The highest BCUT2D eigenvalue weighted by Crippen LogP contribution is 2.26. The number of rotatable bonds is 7. The van der Waals surface area contributed by atoms with Crippen LogP contribution in [0.25, 0.3) is 0 Å². The number of amides is 2. The van der Waals surface area contributed by atoms with Gasteiger partial charge < -0.3 is 10.6 Å². The molecule has 0 heterocycles. The molecule has 0 saturated heterocycles. The maximum absolute atomic E-state index is 13.0. The smallest absolute Gasteiger partial charge is 0.243 e. The van der Waals surface area contributed by atoms with Gasteiger partial charge >= 0.3 is 0 Å². The van der Waals surface area contributed by atoms with E-state index in [2.05, 4.69) is 15.4 Å². The number of anilines is 1. The highest BCUT2D eigenvalue weighted by Gasteiger charge is 2.26. The first kappa shape index (κ1) is 24.8. The fourth-order valence-electron chi connectivity index (χ4n) is 3.19. The second-order valence-electron chi connectivity index (χ2n) is 7.61. The summed E-state index contributed by atoms with van der Waals surface area (Å²) in [5, 5.41) is 5.64. The van der Waals surface area contributed by atoms with Crippen molar-refractivity contribution in [3.8, 4) is 0 Å². The highest BCUT2D eigenvalue weighted by molar-refractivity contribution is 7.89. The summed E-state index contributed by atoms with van der Waals surface area (Å²) < 4.78 is 28.3. The third-order valence-corrected chi connectivity index (χ3v) is 7.48. The summed E-state index contributed by atoms with van der Waals surface area (Å²) in [6.07, 6.45) is 0. The van der Waals surface area contributed by atoms with Crippen LogP contribution in [-0.2, 0) is 19.6 Å². The number of halogens is 1. The second kappa shape index (κ2) is 9.80. The molecule has 2 aromatic rings. The van der Waals surface area contributed by atoms with Gasteiger partial charge in [-0.05, 0) is 81.5 Å². The summed E-state index contributed by atoms with van der Waals surface area (Å²) in [5.41, 5.74) is 4.24. The van der Waals surface area contributed by atoms with Crippen molar-refractivity contribution >= 4 is 39.1 Å². The zero-order valence-corrected chi connectivity index (χ0v) is 20.1. The fraction of sp³-hybridized carbons (Fsp3) is 0.364. The van der Waals surface area contributed by atoms with Crippen molar-refractivity contribution in [1.82, 2.24) is 10.0 Å². The Balaban J connectivity index is 2.04. The van der Waals surface area contributed by atoms with Crippen molar-refractivity contribution in [2.24, 2.45) is 0 Å². The van der Waals surface area contributed by atoms with Crippen LogP contribution in [0.4, 0.5) is 5.69 Å². The number of benzene rings is 2. The van der Waals surface area contributed by atoms with Crippen molar-refractivity contribution in [1.29, 1.82) is 0 Å². The minimum Gasteiger partial charge on any atom is -0.346 e. The normalized spacial score (nSPS) is 12.4. The first-order valence-electron chi connectivity index (χ1n) is 9.77. The fourth-order valence-corrected chi connectivity index (χ4v) is 5.18. The zero-order chi connectivity index (χ0) is 23.5. The van der Waals surface area contributed by atoms with E-state index < -0.39 is 27.9 Å².